The average Bonchev–Trinajstić information content (AvgIpc) is 3.33. The Kier molecular flexibility index (Phi) is 7.76. The molecule has 10 heteroatoms. The number of hydrogen-bond acceptors (Lipinski definition) is 6. The molecule has 2 aromatic rings. The Morgan fingerprint density at radius 1 is 1.08 bits per heavy atom. The lowest BCUT2D eigenvalue weighted by Crippen LogP contribution is -2.58. The molecule has 1 fully saturated rings. The molecule has 0 bridgehead atoms. The standard InChI is InChI=1S/C26H31FN6O3/c1-17-15-19(7-10-21(17)32-23(34)18-5-8-20(27)9-6-18)26(25(28)36)22(30-16-31-26)24(35)29-11-14-33-12-3-2-4-13-33/h5-10,15,31H,2-4,11-14,16H2,1H3,(H2,28,36)(H,29,35)(H,32,34). The summed E-state index contributed by atoms with van der Waals surface area (Å²) in [5.74, 6) is -2.01. The Balaban J connectivity index is 1.49. The number of halogens is 1. The minimum absolute atomic E-state index is 0.0242. The van der Waals surface area contributed by atoms with Crippen molar-refractivity contribution in [2.75, 3.05) is 38.2 Å². The molecular formula is C26H31FN6O3. The Labute approximate surface area is 209 Å². The van der Waals surface area contributed by atoms with Crippen LogP contribution in [0.4, 0.5) is 10.1 Å². The number of nitrogens with two attached hydrogens (primary N) is 1. The quantitative estimate of drug-likeness (QED) is 0.444. The van der Waals surface area contributed by atoms with Gasteiger partial charge in [0.1, 0.15) is 11.5 Å². The van der Waals surface area contributed by atoms with Gasteiger partial charge in [0.25, 0.3) is 11.8 Å². The summed E-state index contributed by atoms with van der Waals surface area (Å²) in [6, 6.07) is 10.2. The molecule has 0 spiro atoms. The highest BCUT2D eigenvalue weighted by Gasteiger charge is 2.49. The number of piperidine rings is 1. The van der Waals surface area contributed by atoms with E-state index < -0.39 is 29.1 Å². The summed E-state index contributed by atoms with van der Waals surface area (Å²) in [6.07, 6.45) is 3.56. The fourth-order valence-electron chi connectivity index (χ4n) is 4.69. The molecule has 190 valence electrons. The van der Waals surface area contributed by atoms with Crippen molar-refractivity contribution in [3.8, 4) is 0 Å². The number of nitrogens with one attached hydrogen (secondary N) is 3. The van der Waals surface area contributed by atoms with Gasteiger partial charge in [0, 0.05) is 24.3 Å². The van der Waals surface area contributed by atoms with E-state index in [2.05, 4.69) is 25.8 Å². The molecule has 1 saturated heterocycles. The van der Waals surface area contributed by atoms with Crippen LogP contribution in [0.1, 0.15) is 40.7 Å². The second kappa shape index (κ2) is 11.0. The monoisotopic (exact) mass is 494 g/mol. The van der Waals surface area contributed by atoms with Gasteiger partial charge in [-0.25, -0.2) is 4.39 Å². The molecule has 0 aliphatic carbocycles. The second-order valence-electron chi connectivity index (χ2n) is 9.10. The number of benzene rings is 2. The maximum absolute atomic E-state index is 13.2. The van der Waals surface area contributed by atoms with Crippen LogP contribution in [-0.4, -0.2) is 61.2 Å². The fraction of sp³-hybridized carbons (Fsp3) is 0.385. The number of rotatable bonds is 8. The van der Waals surface area contributed by atoms with Crippen LogP contribution in [0.15, 0.2) is 47.5 Å². The SMILES string of the molecule is Cc1cc(C2(C(N)=O)NCN=C2C(=O)NCCN2CCCCC2)ccc1NC(=O)c1ccc(F)cc1. The van der Waals surface area contributed by atoms with E-state index in [-0.39, 0.29) is 12.4 Å². The number of amides is 3. The highest BCUT2D eigenvalue weighted by atomic mass is 19.1. The third-order valence-electron chi connectivity index (χ3n) is 6.70. The molecule has 1 atom stereocenters. The van der Waals surface area contributed by atoms with Gasteiger partial charge in [0.15, 0.2) is 5.54 Å². The summed E-state index contributed by atoms with van der Waals surface area (Å²) < 4.78 is 13.2. The molecule has 2 aromatic carbocycles. The van der Waals surface area contributed by atoms with E-state index in [0.29, 0.717) is 28.9 Å². The predicted molar refractivity (Wildman–Crippen MR) is 135 cm³/mol. The van der Waals surface area contributed by atoms with Crippen LogP contribution >= 0.6 is 0 Å². The zero-order chi connectivity index (χ0) is 25.7. The molecule has 1 unspecified atom stereocenters. The molecule has 36 heavy (non-hydrogen) atoms. The predicted octanol–water partition coefficient (Wildman–Crippen LogP) is 1.67. The highest BCUT2D eigenvalue weighted by molar-refractivity contribution is 6.47. The summed E-state index contributed by atoms with van der Waals surface area (Å²) in [4.78, 5) is 44.9. The third-order valence-corrected chi connectivity index (χ3v) is 6.70. The number of aliphatic imine (C=N–C) groups is 1. The summed E-state index contributed by atoms with van der Waals surface area (Å²) in [5.41, 5.74) is 6.19. The number of carbonyl (C=O) groups is 3. The first-order valence-corrected chi connectivity index (χ1v) is 12.1. The van der Waals surface area contributed by atoms with Crippen molar-refractivity contribution in [3.05, 3.63) is 65.0 Å². The van der Waals surface area contributed by atoms with Crippen molar-refractivity contribution in [1.29, 1.82) is 0 Å². The Morgan fingerprint density at radius 2 is 1.81 bits per heavy atom. The Hall–Kier alpha value is -3.63. The second-order valence-corrected chi connectivity index (χ2v) is 9.10. The molecule has 4 rings (SSSR count). The topological polar surface area (TPSA) is 129 Å². The van der Waals surface area contributed by atoms with E-state index in [1.165, 1.54) is 30.7 Å². The minimum Gasteiger partial charge on any atom is -0.367 e. The maximum atomic E-state index is 13.2. The van der Waals surface area contributed by atoms with E-state index in [9.17, 15) is 18.8 Å². The number of hydrogen-bond donors (Lipinski definition) is 4. The largest absolute Gasteiger partial charge is 0.367 e. The third kappa shape index (κ3) is 5.29. The van der Waals surface area contributed by atoms with E-state index in [1.54, 1.807) is 25.1 Å². The zero-order valence-corrected chi connectivity index (χ0v) is 20.3. The van der Waals surface area contributed by atoms with Gasteiger partial charge >= 0.3 is 0 Å². The van der Waals surface area contributed by atoms with E-state index in [1.807, 2.05) is 0 Å². The summed E-state index contributed by atoms with van der Waals surface area (Å²) in [7, 11) is 0. The van der Waals surface area contributed by atoms with Crippen molar-refractivity contribution in [1.82, 2.24) is 15.5 Å². The molecule has 0 radical (unpaired) electrons. The van der Waals surface area contributed by atoms with Crippen molar-refractivity contribution >= 4 is 29.1 Å². The van der Waals surface area contributed by atoms with Crippen LogP contribution in [-0.2, 0) is 15.1 Å². The molecule has 2 aliphatic heterocycles. The van der Waals surface area contributed by atoms with Gasteiger partial charge in [0.2, 0.25) is 5.91 Å². The summed E-state index contributed by atoms with van der Waals surface area (Å²) in [6.45, 7) is 5.06. The van der Waals surface area contributed by atoms with Gasteiger partial charge < -0.3 is 21.3 Å². The highest BCUT2D eigenvalue weighted by Crippen LogP contribution is 2.30. The van der Waals surface area contributed by atoms with Crippen LogP contribution in [0.3, 0.4) is 0 Å². The number of anilines is 1. The molecule has 0 aromatic heterocycles. The van der Waals surface area contributed by atoms with Gasteiger partial charge in [-0.3, -0.25) is 24.7 Å². The Bertz CT molecular complexity index is 1180. The number of nitrogens with zero attached hydrogens (tertiary/aromatic N) is 2. The zero-order valence-electron chi connectivity index (χ0n) is 20.3. The first-order valence-electron chi connectivity index (χ1n) is 12.1. The van der Waals surface area contributed by atoms with Gasteiger partial charge in [0.05, 0.1) is 6.67 Å². The molecular weight excluding hydrogens is 463 g/mol. The summed E-state index contributed by atoms with van der Waals surface area (Å²) in [5, 5.41) is 8.67. The fourth-order valence-corrected chi connectivity index (χ4v) is 4.69. The molecule has 9 nitrogen and oxygen atoms in total. The molecule has 2 aliphatic rings. The molecule has 0 saturated carbocycles. The van der Waals surface area contributed by atoms with E-state index in [4.69, 9.17) is 5.73 Å². The van der Waals surface area contributed by atoms with Crippen molar-refractivity contribution in [2.24, 2.45) is 10.7 Å². The first kappa shape index (κ1) is 25.5. The van der Waals surface area contributed by atoms with Crippen LogP contribution in [0.2, 0.25) is 0 Å². The number of aryl methyl sites for hydroxylation is 1. The average molecular weight is 495 g/mol. The smallest absolute Gasteiger partial charge is 0.268 e. The van der Waals surface area contributed by atoms with Gasteiger partial charge in [-0.1, -0.05) is 18.6 Å². The number of likely N-dealkylation sites (tertiary alicyclic amines) is 1. The van der Waals surface area contributed by atoms with E-state index >= 15 is 0 Å². The lowest BCUT2D eigenvalue weighted by Gasteiger charge is -2.29. The molecule has 5 N–H and O–H groups in total. The normalized spacial score (nSPS) is 20.0. The first-order chi connectivity index (χ1) is 17.3. The Morgan fingerprint density at radius 3 is 2.47 bits per heavy atom. The van der Waals surface area contributed by atoms with Gasteiger partial charge in [-0.15, -0.1) is 0 Å². The van der Waals surface area contributed by atoms with Gasteiger partial charge in [-0.2, -0.15) is 0 Å². The maximum Gasteiger partial charge on any atom is 0.268 e. The van der Waals surface area contributed by atoms with Crippen molar-refractivity contribution in [2.45, 2.75) is 31.7 Å². The van der Waals surface area contributed by atoms with Crippen LogP contribution in [0.5, 0.6) is 0 Å². The lowest BCUT2D eigenvalue weighted by atomic mass is 9.83. The lowest BCUT2D eigenvalue weighted by molar-refractivity contribution is -0.123. The van der Waals surface area contributed by atoms with Crippen molar-refractivity contribution < 1.29 is 18.8 Å². The van der Waals surface area contributed by atoms with Crippen LogP contribution < -0.4 is 21.7 Å². The van der Waals surface area contributed by atoms with Crippen molar-refractivity contribution in [3.63, 3.8) is 0 Å². The van der Waals surface area contributed by atoms with E-state index in [0.717, 1.165) is 32.5 Å². The van der Waals surface area contributed by atoms with Crippen LogP contribution in [0.25, 0.3) is 0 Å². The number of primary amides is 1. The minimum atomic E-state index is -1.58. The summed E-state index contributed by atoms with van der Waals surface area (Å²) >= 11 is 0. The molecule has 2 heterocycles. The number of carbonyl (C=O) groups excluding carboxylic acids is 3. The van der Waals surface area contributed by atoms with Crippen LogP contribution in [0, 0.1) is 12.7 Å². The molecule has 3 amide bonds. The van der Waals surface area contributed by atoms with Gasteiger partial charge in [-0.05, 0) is 74.3 Å².